The van der Waals surface area contributed by atoms with E-state index >= 15 is 4.39 Å². The van der Waals surface area contributed by atoms with E-state index in [1.165, 1.54) is 24.5 Å². The molecule has 1 aliphatic rings. The number of rotatable bonds is 3. The van der Waals surface area contributed by atoms with Crippen molar-refractivity contribution in [1.82, 2.24) is 24.4 Å². The lowest BCUT2D eigenvalue weighted by atomic mass is 10.0. The van der Waals surface area contributed by atoms with Gasteiger partial charge in [0.2, 0.25) is 16.0 Å². The van der Waals surface area contributed by atoms with Crippen LogP contribution >= 0.6 is 22.9 Å². The number of sulfonamides is 1. The van der Waals surface area contributed by atoms with Crippen molar-refractivity contribution >= 4 is 49.0 Å². The molecule has 1 saturated heterocycles. The number of halogens is 2. The molecule has 12 heteroatoms. The number of guanidine groups is 1. The quantitative estimate of drug-likeness (QED) is 0.423. The molecule has 176 valence electrons. The van der Waals surface area contributed by atoms with Crippen LogP contribution in [-0.2, 0) is 22.6 Å². The molecule has 1 fully saturated rings. The summed E-state index contributed by atoms with van der Waals surface area (Å²) >= 11 is 7.98. The molecule has 0 spiro atoms. The zero-order chi connectivity index (χ0) is 24.4. The van der Waals surface area contributed by atoms with Gasteiger partial charge in [-0.1, -0.05) is 17.7 Å². The van der Waals surface area contributed by atoms with Gasteiger partial charge in [0.1, 0.15) is 5.82 Å². The van der Waals surface area contributed by atoms with Gasteiger partial charge >= 0.3 is 0 Å². The molecule has 2 N–H and O–H groups in total. The van der Waals surface area contributed by atoms with Gasteiger partial charge in [0.25, 0.3) is 0 Å². The molecule has 0 saturated carbocycles. The van der Waals surface area contributed by atoms with Crippen LogP contribution in [0.4, 0.5) is 4.39 Å². The van der Waals surface area contributed by atoms with Crippen molar-refractivity contribution in [2.24, 2.45) is 7.05 Å². The molecule has 4 aromatic rings. The fourth-order valence-corrected chi connectivity index (χ4v) is 7.55. The number of aromatic nitrogens is 3. The summed E-state index contributed by atoms with van der Waals surface area (Å²) in [5.74, 6) is -0.961. The van der Waals surface area contributed by atoms with Crippen LogP contribution in [0.2, 0.25) is 5.02 Å². The maximum atomic E-state index is 15.3. The lowest BCUT2D eigenvalue weighted by Crippen LogP contribution is -2.60. The first-order chi connectivity index (χ1) is 16.0. The Balaban J connectivity index is 1.64. The summed E-state index contributed by atoms with van der Waals surface area (Å²) in [6, 6.07) is 8.44. The van der Waals surface area contributed by atoms with Crippen LogP contribution in [0.25, 0.3) is 32.6 Å². The van der Waals surface area contributed by atoms with Gasteiger partial charge in [0, 0.05) is 43.0 Å². The summed E-state index contributed by atoms with van der Waals surface area (Å²) in [5, 5.41) is 16.2. The maximum absolute atomic E-state index is 15.3. The van der Waals surface area contributed by atoms with Crippen molar-refractivity contribution in [1.29, 1.82) is 5.41 Å². The summed E-state index contributed by atoms with van der Waals surface area (Å²) in [5.41, 5.74) is 1.07. The first-order valence-electron chi connectivity index (χ1n) is 10.2. The highest BCUT2D eigenvalue weighted by atomic mass is 35.5. The minimum atomic E-state index is -3.71. The monoisotopic (exact) mass is 518 g/mol. The van der Waals surface area contributed by atoms with E-state index in [1.807, 2.05) is 0 Å². The molecule has 3 aromatic heterocycles. The Kier molecular flexibility index (Phi) is 5.19. The molecule has 8 nitrogen and oxygen atoms in total. The normalized spacial score (nSPS) is 20.0. The molecular weight excluding hydrogens is 499 g/mol. The van der Waals surface area contributed by atoms with Crippen molar-refractivity contribution in [3.63, 3.8) is 0 Å². The summed E-state index contributed by atoms with van der Waals surface area (Å²) < 4.78 is 43.8. The Hall–Kier alpha value is -3.02. The minimum absolute atomic E-state index is 0.239. The summed E-state index contributed by atoms with van der Waals surface area (Å²) in [6.45, 7) is 1.69. The van der Waals surface area contributed by atoms with Crippen molar-refractivity contribution in [2.75, 3.05) is 12.8 Å². The standard InChI is InChI=1S/C22H20ClFN6O2S2/c1-22(11-34(31,32)30(3)21(25)28-22)20-17(23)14-6-8-26-18(19(14)33-20)13-5-4-12(10-15(13)24)16-7-9-27-29(16)2/h4-10H,11H2,1-3H3,(H2,25,28)/t22-/m0/s1. The van der Waals surface area contributed by atoms with E-state index < -0.39 is 21.4 Å². The van der Waals surface area contributed by atoms with E-state index in [1.54, 1.807) is 55.3 Å². The second kappa shape index (κ2) is 7.76. The van der Waals surface area contributed by atoms with E-state index in [2.05, 4.69) is 15.4 Å². The SMILES string of the molecule is CN1C(=N)N[C@](C)(c2sc3c(-c4ccc(-c5ccnn5C)cc4F)nccc3c2Cl)CS1(=O)=O. The smallest absolute Gasteiger partial charge is 0.239 e. The lowest BCUT2D eigenvalue weighted by Gasteiger charge is -2.39. The van der Waals surface area contributed by atoms with Crippen molar-refractivity contribution < 1.29 is 12.8 Å². The van der Waals surface area contributed by atoms with Crippen molar-refractivity contribution in [2.45, 2.75) is 12.5 Å². The second-order valence-corrected chi connectivity index (χ2v) is 11.7. The molecular formula is C22H20ClFN6O2S2. The molecule has 1 aromatic carbocycles. The van der Waals surface area contributed by atoms with Crippen LogP contribution in [-0.4, -0.2) is 46.2 Å². The van der Waals surface area contributed by atoms with E-state index in [9.17, 15) is 8.42 Å². The van der Waals surface area contributed by atoms with Crippen molar-refractivity contribution in [3.05, 3.63) is 58.4 Å². The molecule has 5 rings (SSSR count). The number of aryl methyl sites for hydroxylation is 1. The molecule has 4 heterocycles. The van der Waals surface area contributed by atoms with Crippen LogP contribution in [0.15, 0.2) is 42.7 Å². The van der Waals surface area contributed by atoms with Crippen LogP contribution < -0.4 is 5.32 Å². The number of thiophene rings is 1. The fraction of sp³-hybridized carbons (Fsp3) is 0.227. The Morgan fingerprint density at radius 1 is 1.24 bits per heavy atom. The number of nitrogens with one attached hydrogen (secondary N) is 2. The van der Waals surface area contributed by atoms with Gasteiger partial charge in [-0.15, -0.1) is 11.3 Å². The third kappa shape index (κ3) is 3.46. The number of fused-ring (bicyclic) bond motifs is 1. The van der Waals surface area contributed by atoms with Crippen LogP contribution in [0.3, 0.4) is 0 Å². The highest BCUT2D eigenvalue weighted by molar-refractivity contribution is 7.89. The highest BCUT2D eigenvalue weighted by Gasteiger charge is 2.44. The first kappa shape index (κ1) is 22.8. The number of hydrogen-bond donors (Lipinski definition) is 2. The van der Waals surface area contributed by atoms with E-state index in [0.717, 1.165) is 10.00 Å². The molecule has 0 amide bonds. The van der Waals surface area contributed by atoms with E-state index in [4.69, 9.17) is 17.0 Å². The number of hydrogen-bond acceptors (Lipinski definition) is 6. The first-order valence-corrected chi connectivity index (χ1v) is 13.0. The molecule has 0 bridgehead atoms. The molecule has 34 heavy (non-hydrogen) atoms. The third-order valence-electron chi connectivity index (χ3n) is 5.98. The Labute approximate surface area is 204 Å². The summed E-state index contributed by atoms with van der Waals surface area (Å²) in [6.07, 6.45) is 3.20. The molecule has 0 aliphatic carbocycles. The highest BCUT2D eigenvalue weighted by Crippen LogP contribution is 2.46. The Morgan fingerprint density at radius 2 is 2.00 bits per heavy atom. The number of benzene rings is 1. The van der Waals surface area contributed by atoms with Gasteiger partial charge in [-0.05, 0) is 31.2 Å². The summed E-state index contributed by atoms with van der Waals surface area (Å²) in [4.78, 5) is 4.98. The number of nitrogens with zero attached hydrogens (tertiary/aromatic N) is 4. The maximum Gasteiger partial charge on any atom is 0.239 e. The Bertz CT molecular complexity index is 1580. The number of pyridine rings is 1. The average molecular weight is 519 g/mol. The predicted octanol–water partition coefficient (Wildman–Crippen LogP) is 4.17. The van der Waals surface area contributed by atoms with Gasteiger partial charge in [-0.3, -0.25) is 15.1 Å². The van der Waals surface area contributed by atoms with Crippen LogP contribution in [0.5, 0.6) is 0 Å². The molecule has 0 radical (unpaired) electrons. The van der Waals surface area contributed by atoms with Crippen LogP contribution in [0, 0.1) is 11.2 Å². The lowest BCUT2D eigenvalue weighted by molar-refractivity contribution is 0.424. The molecule has 1 atom stereocenters. The van der Waals surface area contributed by atoms with Crippen molar-refractivity contribution in [3.8, 4) is 22.5 Å². The topological polar surface area (TPSA) is 104 Å². The van der Waals surface area contributed by atoms with E-state index in [-0.39, 0.29) is 11.7 Å². The predicted molar refractivity (Wildman–Crippen MR) is 132 cm³/mol. The Morgan fingerprint density at radius 3 is 2.65 bits per heavy atom. The van der Waals surface area contributed by atoms with Gasteiger partial charge in [-0.2, -0.15) is 5.10 Å². The molecule has 1 aliphatic heterocycles. The minimum Gasteiger partial charge on any atom is -0.344 e. The van der Waals surface area contributed by atoms with Gasteiger partial charge in [0.15, 0.2) is 0 Å². The fourth-order valence-electron chi connectivity index (χ4n) is 4.16. The van der Waals surface area contributed by atoms with Gasteiger partial charge in [-0.25, -0.2) is 17.1 Å². The van der Waals surface area contributed by atoms with Gasteiger partial charge < -0.3 is 5.32 Å². The zero-order valence-electron chi connectivity index (χ0n) is 18.4. The van der Waals surface area contributed by atoms with Crippen LogP contribution in [0.1, 0.15) is 11.8 Å². The molecule has 0 unspecified atom stereocenters. The largest absolute Gasteiger partial charge is 0.344 e. The third-order valence-corrected chi connectivity index (χ3v) is 9.92. The van der Waals surface area contributed by atoms with Gasteiger partial charge in [0.05, 0.1) is 37.3 Å². The second-order valence-electron chi connectivity index (χ2n) is 8.35. The summed E-state index contributed by atoms with van der Waals surface area (Å²) in [7, 11) is -0.590. The zero-order valence-corrected chi connectivity index (χ0v) is 20.8. The van der Waals surface area contributed by atoms with E-state index in [0.29, 0.717) is 36.8 Å². The average Bonchev–Trinajstić information content (AvgIpc) is 3.35.